The number of hydrogen-bond acceptors (Lipinski definition) is 1. The quantitative estimate of drug-likeness (QED) is 0.490. The Morgan fingerprint density at radius 1 is 1.45 bits per heavy atom. The van der Waals surface area contributed by atoms with E-state index in [0.717, 1.165) is 0 Å². The highest BCUT2D eigenvalue weighted by Gasteiger charge is 2.13. The summed E-state index contributed by atoms with van der Waals surface area (Å²) in [6, 6.07) is 6.70. The van der Waals surface area contributed by atoms with Crippen molar-refractivity contribution < 1.29 is 0 Å². The Hall–Kier alpha value is -0.915. The smallest absolute Gasteiger partial charge is 0.217 e. The SMILES string of the molecule is BN1CCc2ccc(C)cc21. The van der Waals surface area contributed by atoms with Gasteiger partial charge in [0.15, 0.2) is 0 Å². The second-order valence-electron chi connectivity index (χ2n) is 3.30. The lowest BCUT2D eigenvalue weighted by Gasteiger charge is -2.12. The summed E-state index contributed by atoms with van der Waals surface area (Å²) in [6.07, 6.45) is 1.21. The number of hydrogen-bond donors (Lipinski definition) is 0. The van der Waals surface area contributed by atoms with Crippen LogP contribution in [0.25, 0.3) is 0 Å². The summed E-state index contributed by atoms with van der Waals surface area (Å²) in [5.74, 6) is 0. The molecule has 0 aromatic heterocycles. The lowest BCUT2D eigenvalue weighted by atomic mass is 10.1. The Bertz CT molecular complexity index is 283. The van der Waals surface area contributed by atoms with E-state index in [1.807, 2.05) is 0 Å². The summed E-state index contributed by atoms with van der Waals surface area (Å²) in [5.41, 5.74) is 4.28. The molecule has 11 heavy (non-hydrogen) atoms. The number of nitrogens with zero attached hydrogens (tertiary/aromatic N) is 1. The van der Waals surface area contributed by atoms with Gasteiger partial charge in [-0.3, -0.25) is 0 Å². The van der Waals surface area contributed by atoms with E-state index >= 15 is 0 Å². The molecular weight excluding hydrogens is 133 g/mol. The van der Waals surface area contributed by atoms with E-state index in [0.29, 0.717) is 0 Å². The van der Waals surface area contributed by atoms with Crippen molar-refractivity contribution in [1.29, 1.82) is 0 Å². The van der Waals surface area contributed by atoms with Gasteiger partial charge in [-0.2, -0.15) is 0 Å². The Morgan fingerprint density at radius 3 is 3.09 bits per heavy atom. The number of rotatable bonds is 0. The minimum Gasteiger partial charge on any atom is -0.421 e. The monoisotopic (exact) mass is 145 g/mol. The van der Waals surface area contributed by atoms with Crippen molar-refractivity contribution in [3.05, 3.63) is 29.3 Å². The van der Waals surface area contributed by atoms with E-state index in [2.05, 4.69) is 37.9 Å². The summed E-state index contributed by atoms with van der Waals surface area (Å²) in [6.45, 7) is 3.32. The summed E-state index contributed by atoms with van der Waals surface area (Å²) in [4.78, 5) is 2.32. The van der Waals surface area contributed by atoms with Crippen LogP contribution in [0.1, 0.15) is 11.1 Å². The van der Waals surface area contributed by atoms with Gasteiger partial charge in [0.2, 0.25) is 7.98 Å². The van der Waals surface area contributed by atoms with E-state index in [4.69, 9.17) is 0 Å². The van der Waals surface area contributed by atoms with Gasteiger partial charge >= 0.3 is 0 Å². The Balaban J connectivity index is 2.52. The molecule has 56 valence electrons. The highest BCUT2D eigenvalue weighted by atomic mass is 15.1. The average molecular weight is 145 g/mol. The molecule has 2 rings (SSSR count). The van der Waals surface area contributed by atoms with Gasteiger partial charge in [-0.15, -0.1) is 0 Å². The fourth-order valence-electron chi connectivity index (χ4n) is 1.65. The Labute approximate surface area is 68.5 Å². The van der Waals surface area contributed by atoms with E-state index < -0.39 is 0 Å². The molecule has 1 aliphatic heterocycles. The van der Waals surface area contributed by atoms with Crippen LogP contribution in [-0.2, 0) is 6.42 Å². The van der Waals surface area contributed by atoms with Crippen molar-refractivity contribution in [3.63, 3.8) is 0 Å². The van der Waals surface area contributed by atoms with E-state index in [-0.39, 0.29) is 0 Å². The van der Waals surface area contributed by atoms with Gasteiger partial charge in [-0.25, -0.2) is 0 Å². The second kappa shape index (κ2) is 2.30. The average Bonchev–Trinajstić information content (AvgIpc) is 2.33. The molecule has 1 aromatic carbocycles. The van der Waals surface area contributed by atoms with Crippen LogP contribution < -0.4 is 4.81 Å². The van der Waals surface area contributed by atoms with Crippen LogP contribution in [0.2, 0.25) is 0 Å². The molecule has 1 aliphatic rings. The molecule has 0 amide bonds. The van der Waals surface area contributed by atoms with Crippen molar-refractivity contribution in [2.24, 2.45) is 0 Å². The Morgan fingerprint density at radius 2 is 2.27 bits per heavy atom. The molecule has 0 saturated carbocycles. The molecule has 0 N–H and O–H groups in total. The maximum Gasteiger partial charge on any atom is 0.217 e. The van der Waals surface area contributed by atoms with Crippen LogP contribution in [0, 0.1) is 6.92 Å². The molecule has 1 aromatic rings. The standard InChI is InChI=1S/C9H12BN/c1-7-2-3-8-4-5-11(10)9(8)6-7/h2-3,6H,4-5,10H2,1H3. The maximum atomic E-state index is 2.32. The van der Waals surface area contributed by atoms with E-state index in [1.54, 1.807) is 0 Å². The first kappa shape index (κ1) is 6.77. The zero-order chi connectivity index (χ0) is 7.84. The van der Waals surface area contributed by atoms with Crippen LogP contribution in [-0.4, -0.2) is 14.5 Å². The summed E-state index contributed by atoms with van der Waals surface area (Å²) in [5, 5.41) is 0. The zero-order valence-electron chi connectivity index (χ0n) is 7.09. The summed E-state index contributed by atoms with van der Waals surface area (Å²) >= 11 is 0. The van der Waals surface area contributed by atoms with E-state index in [9.17, 15) is 0 Å². The fraction of sp³-hybridized carbons (Fsp3) is 0.333. The predicted molar refractivity (Wildman–Crippen MR) is 50.8 cm³/mol. The minimum atomic E-state index is 1.18. The second-order valence-corrected chi connectivity index (χ2v) is 3.30. The first-order chi connectivity index (χ1) is 5.27. The Kier molecular flexibility index (Phi) is 1.41. The summed E-state index contributed by atoms with van der Waals surface area (Å²) in [7, 11) is 2.16. The third-order valence-electron chi connectivity index (χ3n) is 2.37. The normalized spacial score (nSPS) is 15.2. The fourth-order valence-corrected chi connectivity index (χ4v) is 1.65. The zero-order valence-corrected chi connectivity index (χ0v) is 7.09. The van der Waals surface area contributed by atoms with Gasteiger partial charge in [0.25, 0.3) is 0 Å². The predicted octanol–water partition coefficient (Wildman–Crippen LogP) is 0.906. The van der Waals surface area contributed by atoms with Crippen molar-refractivity contribution in [1.82, 2.24) is 0 Å². The van der Waals surface area contributed by atoms with Gasteiger partial charge in [0, 0.05) is 12.2 Å². The lowest BCUT2D eigenvalue weighted by molar-refractivity contribution is 1.05. The molecular formula is C9H12BN. The molecule has 0 aliphatic carbocycles. The van der Waals surface area contributed by atoms with Gasteiger partial charge in [0.1, 0.15) is 0 Å². The third-order valence-corrected chi connectivity index (χ3v) is 2.37. The van der Waals surface area contributed by atoms with Crippen molar-refractivity contribution in [2.75, 3.05) is 11.4 Å². The van der Waals surface area contributed by atoms with Gasteiger partial charge in [0.05, 0.1) is 0 Å². The molecule has 1 heterocycles. The van der Waals surface area contributed by atoms with Crippen LogP contribution in [0.4, 0.5) is 5.69 Å². The molecule has 0 saturated heterocycles. The molecule has 0 radical (unpaired) electrons. The molecule has 0 fully saturated rings. The minimum absolute atomic E-state index is 1.18. The largest absolute Gasteiger partial charge is 0.421 e. The van der Waals surface area contributed by atoms with Gasteiger partial charge in [-0.05, 0) is 30.5 Å². The highest BCUT2D eigenvalue weighted by molar-refractivity contribution is 6.18. The van der Waals surface area contributed by atoms with Crippen LogP contribution in [0.5, 0.6) is 0 Å². The van der Waals surface area contributed by atoms with Crippen molar-refractivity contribution in [2.45, 2.75) is 13.3 Å². The van der Waals surface area contributed by atoms with Gasteiger partial charge in [-0.1, -0.05) is 12.1 Å². The molecule has 0 bridgehead atoms. The lowest BCUT2D eigenvalue weighted by Crippen LogP contribution is -2.14. The van der Waals surface area contributed by atoms with Crippen LogP contribution >= 0.6 is 0 Å². The molecule has 2 heteroatoms. The molecule has 1 nitrogen and oxygen atoms in total. The maximum absolute atomic E-state index is 2.32. The molecule has 0 unspecified atom stereocenters. The summed E-state index contributed by atoms with van der Waals surface area (Å²) < 4.78 is 0. The number of anilines is 1. The first-order valence-corrected chi connectivity index (χ1v) is 4.08. The van der Waals surface area contributed by atoms with Crippen LogP contribution in [0.15, 0.2) is 18.2 Å². The van der Waals surface area contributed by atoms with Gasteiger partial charge < -0.3 is 4.81 Å². The van der Waals surface area contributed by atoms with Crippen molar-refractivity contribution >= 4 is 13.7 Å². The molecule has 0 atom stereocenters. The number of benzene rings is 1. The van der Waals surface area contributed by atoms with E-state index in [1.165, 1.54) is 29.8 Å². The van der Waals surface area contributed by atoms with Crippen molar-refractivity contribution in [3.8, 4) is 0 Å². The topological polar surface area (TPSA) is 3.24 Å². The number of aryl methyl sites for hydroxylation is 1. The molecule has 0 spiro atoms. The highest BCUT2D eigenvalue weighted by Crippen LogP contribution is 2.26. The first-order valence-electron chi connectivity index (χ1n) is 4.08. The third kappa shape index (κ3) is 1.03. The van der Waals surface area contributed by atoms with Crippen LogP contribution in [0.3, 0.4) is 0 Å². The number of fused-ring (bicyclic) bond motifs is 1.